The van der Waals surface area contributed by atoms with Crippen molar-refractivity contribution in [1.82, 2.24) is 14.9 Å². The number of amides is 1. The molecule has 2 aromatic rings. The fourth-order valence-electron chi connectivity index (χ4n) is 2.78. The van der Waals surface area contributed by atoms with Gasteiger partial charge in [-0.1, -0.05) is 6.08 Å². The van der Waals surface area contributed by atoms with Gasteiger partial charge in [0.05, 0.1) is 19.7 Å². The molecular formula is C17H20N4O3. The molecule has 0 spiro atoms. The molecule has 0 aliphatic carbocycles. The summed E-state index contributed by atoms with van der Waals surface area (Å²) in [5.41, 5.74) is 7.81. The number of carbonyl (C=O) groups is 1. The van der Waals surface area contributed by atoms with Crippen molar-refractivity contribution in [3.8, 4) is 11.5 Å². The minimum atomic E-state index is 0.0704. The molecule has 126 valence electrons. The number of nitrogens with two attached hydrogens (primary N) is 1. The van der Waals surface area contributed by atoms with Crippen molar-refractivity contribution < 1.29 is 14.3 Å². The highest BCUT2D eigenvalue weighted by molar-refractivity contribution is 5.92. The number of anilines is 1. The molecule has 1 amide bonds. The lowest BCUT2D eigenvalue weighted by atomic mass is 10.1. The predicted octanol–water partition coefficient (Wildman–Crippen LogP) is 1.86. The molecule has 0 bridgehead atoms. The molecule has 2 heterocycles. The second kappa shape index (κ2) is 6.35. The van der Waals surface area contributed by atoms with Gasteiger partial charge in [0.15, 0.2) is 17.3 Å². The summed E-state index contributed by atoms with van der Waals surface area (Å²) in [7, 11) is 3.15. The fourth-order valence-corrected chi connectivity index (χ4v) is 2.78. The second-order valence-electron chi connectivity index (χ2n) is 5.60. The maximum atomic E-state index is 11.4. The van der Waals surface area contributed by atoms with Crippen LogP contribution in [-0.4, -0.2) is 48.1 Å². The van der Waals surface area contributed by atoms with E-state index in [4.69, 9.17) is 15.2 Å². The quantitative estimate of drug-likeness (QED) is 0.925. The number of aromatic nitrogens is 2. The van der Waals surface area contributed by atoms with E-state index < -0.39 is 0 Å². The summed E-state index contributed by atoms with van der Waals surface area (Å²) in [5, 5.41) is 0.721. The van der Waals surface area contributed by atoms with Gasteiger partial charge in [0, 0.05) is 31.5 Å². The predicted molar refractivity (Wildman–Crippen MR) is 91.9 cm³/mol. The normalized spacial score (nSPS) is 14.5. The van der Waals surface area contributed by atoms with E-state index in [9.17, 15) is 4.79 Å². The van der Waals surface area contributed by atoms with E-state index in [2.05, 4.69) is 9.97 Å². The monoisotopic (exact) mass is 328 g/mol. The molecule has 1 aromatic heterocycles. The molecule has 0 atom stereocenters. The lowest BCUT2D eigenvalue weighted by Crippen LogP contribution is -2.32. The van der Waals surface area contributed by atoms with Crippen LogP contribution in [0.3, 0.4) is 0 Å². The molecule has 0 fully saturated rings. The fraction of sp³-hybridized carbons (Fsp3) is 0.353. The van der Waals surface area contributed by atoms with Gasteiger partial charge in [-0.15, -0.1) is 0 Å². The molecule has 0 radical (unpaired) electrons. The Balaban J connectivity index is 2.03. The van der Waals surface area contributed by atoms with Crippen molar-refractivity contribution in [2.45, 2.75) is 13.3 Å². The summed E-state index contributed by atoms with van der Waals surface area (Å²) < 4.78 is 10.6. The van der Waals surface area contributed by atoms with Gasteiger partial charge >= 0.3 is 0 Å². The number of rotatable bonds is 3. The third kappa shape index (κ3) is 2.84. The van der Waals surface area contributed by atoms with Crippen molar-refractivity contribution in [3.05, 3.63) is 24.0 Å². The molecule has 1 aromatic carbocycles. The average Bonchev–Trinajstić information content (AvgIpc) is 2.60. The summed E-state index contributed by atoms with van der Waals surface area (Å²) in [4.78, 5) is 22.2. The van der Waals surface area contributed by atoms with Gasteiger partial charge in [-0.3, -0.25) is 4.79 Å². The first kappa shape index (κ1) is 16.0. The number of hydrogen-bond acceptors (Lipinski definition) is 6. The Labute approximate surface area is 140 Å². The summed E-state index contributed by atoms with van der Waals surface area (Å²) in [5.74, 6) is 2.24. The van der Waals surface area contributed by atoms with Gasteiger partial charge in [-0.05, 0) is 18.1 Å². The Morgan fingerprint density at radius 3 is 2.50 bits per heavy atom. The molecular weight excluding hydrogens is 308 g/mol. The number of methoxy groups -OCH3 is 2. The number of carbonyl (C=O) groups excluding carboxylic acids is 1. The van der Waals surface area contributed by atoms with E-state index in [1.165, 1.54) is 0 Å². The molecule has 0 saturated heterocycles. The van der Waals surface area contributed by atoms with Crippen LogP contribution in [0.2, 0.25) is 0 Å². The van der Waals surface area contributed by atoms with Crippen molar-refractivity contribution >= 4 is 28.2 Å². The van der Waals surface area contributed by atoms with Crippen LogP contribution in [0.1, 0.15) is 19.2 Å². The third-order valence-electron chi connectivity index (χ3n) is 4.17. The van der Waals surface area contributed by atoms with E-state index >= 15 is 0 Å². The highest BCUT2D eigenvalue weighted by Crippen LogP contribution is 2.34. The van der Waals surface area contributed by atoms with Crippen LogP contribution in [0, 0.1) is 0 Å². The summed E-state index contributed by atoms with van der Waals surface area (Å²) in [6, 6.07) is 3.57. The highest BCUT2D eigenvalue weighted by atomic mass is 16.5. The second-order valence-corrected chi connectivity index (χ2v) is 5.60. The lowest BCUT2D eigenvalue weighted by molar-refractivity contribution is -0.128. The first-order valence-corrected chi connectivity index (χ1v) is 7.67. The summed E-state index contributed by atoms with van der Waals surface area (Å²) in [6.07, 6.45) is 2.68. The maximum absolute atomic E-state index is 11.4. The standard InChI is InChI=1S/C17H20N4O3/c1-10(22)21-6-4-11(5-7-21)17-19-13-9-15(24-3)14(23-2)8-12(13)16(18)20-17/h4,8-9H,5-7H2,1-3H3,(H2,18,19,20). The lowest BCUT2D eigenvalue weighted by Gasteiger charge is -2.24. The third-order valence-corrected chi connectivity index (χ3v) is 4.17. The summed E-state index contributed by atoms with van der Waals surface area (Å²) >= 11 is 0. The Hall–Kier alpha value is -2.83. The van der Waals surface area contributed by atoms with E-state index in [0.717, 1.165) is 11.0 Å². The van der Waals surface area contributed by atoms with Gasteiger partial charge in [0.2, 0.25) is 5.91 Å². The highest BCUT2D eigenvalue weighted by Gasteiger charge is 2.18. The number of ether oxygens (including phenoxy) is 2. The smallest absolute Gasteiger partial charge is 0.219 e. The topological polar surface area (TPSA) is 90.6 Å². The maximum Gasteiger partial charge on any atom is 0.219 e. The average molecular weight is 328 g/mol. The number of hydrogen-bond donors (Lipinski definition) is 1. The zero-order chi connectivity index (χ0) is 17.3. The molecule has 1 aliphatic rings. The Bertz CT molecular complexity index is 832. The number of nitrogen functional groups attached to an aromatic ring is 1. The van der Waals surface area contributed by atoms with Crippen LogP contribution in [0.5, 0.6) is 11.5 Å². The zero-order valence-electron chi connectivity index (χ0n) is 14.0. The van der Waals surface area contributed by atoms with Crippen molar-refractivity contribution in [2.75, 3.05) is 33.0 Å². The van der Waals surface area contributed by atoms with Gasteiger partial charge in [0.1, 0.15) is 5.82 Å². The molecule has 24 heavy (non-hydrogen) atoms. The molecule has 0 saturated carbocycles. The van der Waals surface area contributed by atoms with Gasteiger partial charge in [0.25, 0.3) is 0 Å². The van der Waals surface area contributed by atoms with Crippen LogP contribution in [0.25, 0.3) is 16.5 Å². The van der Waals surface area contributed by atoms with Gasteiger partial charge in [-0.2, -0.15) is 0 Å². The summed E-state index contributed by atoms with van der Waals surface area (Å²) in [6.45, 7) is 2.80. The largest absolute Gasteiger partial charge is 0.493 e. The first-order chi connectivity index (χ1) is 11.5. The van der Waals surface area contributed by atoms with Gasteiger partial charge < -0.3 is 20.1 Å². The minimum Gasteiger partial charge on any atom is -0.493 e. The Kier molecular flexibility index (Phi) is 4.24. The number of benzene rings is 1. The van der Waals surface area contributed by atoms with Crippen LogP contribution < -0.4 is 15.2 Å². The molecule has 2 N–H and O–H groups in total. The Morgan fingerprint density at radius 1 is 1.21 bits per heavy atom. The molecule has 3 rings (SSSR count). The van der Waals surface area contributed by atoms with E-state index in [-0.39, 0.29) is 5.91 Å². The molecule has 7 heteroatoms. The van der Waals surface area contributed by atoms with E-state index in [1.54, 1.807) is 38.2 Å². The Morgan fingerprint density at radius 2 is 1.92 bits per heavy atom. The van der Waals surface area contributed by atoms with E-state index in [0.29, 0.717) is 48.2 Å². The van der Waals surface area contributed by atoms with Crippen LogP contribution in [0.4, 0.5) is 5.82 Å². The zero-order valence-corrected chi connectivity index (χ0v) is 14.0. The molecule has 0 unspecified atom stereocenters. The van der Waals surface area contributed by atoms with Crippen molar-refractivity contribution in [3.63, 3.8) is 0 Å². The van der Waals surface area contributed by atoms with Crippen molar-refractivity contribution in [1.29, 1.82) is 0 Å². The van der Waals surface area contributed by atoms with E-state index in [1.807, 2.05) is 6.08 Å². The first-order valence-electron chi connectivity index (χ1n) is 7.67. The number of fused-ring (bicyclic) bond motifs is 1. The minimum absolute atomic E-state index is 0.0704. The molecule has 7 nitrogen and oxygen atoms in total. The van der Waals surface area contributed by atoms with Crippen LogP contribution >= 0.6 is 0 Å². The SMILES string of the molecule is COc1cc2nc(C3=CCN(C(C)=O)CC3)nc(N)c2cc1OC. The van der Waals surface area contributed by atoms with Crippen molar-refractivity contribution in [2.24, 2.45) is 0 Å². The van der Waals surface area contributed by atoms with Crippen LogP contribution in [0.15, 0.2) is 18.2 Å². The number of nitrogens with zero attached hydrogens (tertiary/aromatic N) is 3. The molecule has 1 aliphatic heterocycles. The van der Waals surface area contributed by atoms with Gasteiger partial charge in [-0.25, -0.2) is 9.97 Å². The van der Waals surface area contributed by atoms with Crippen LogP contribution in [-0.2, 0) is 4.79 Å².